The predicted molar refractivity (Wildman–Crippen MR) is 155 cm³/mol. The molecule has 2 aliphatic rings. The van der Waals surface area contributed by atoms with Crippen molar-refractivity contribution in [3.05, 3.63) is 69.2 Å². The summed E-state index contributed by atoms with van der Waals surface area (Å²) in [7, 11) is 1.75. The number of pyridine rings is 1. The zero-order valence-electron chi connectivity index (χ0n) is 22.0. The molecule has 1 spiro atoms. The first kappa shape index (κ1) is 27.3. The van der Waals surface area contributed by atoms with Crippen molar-refractivity contribution in [1.29, 1.82) is 0 Å². The highest BCUT2D eigenvalue weighted by atomic mass is 35.5. The molecular weight excluding hydrogens is 540 g/mol. The summed E-state index contributed by atoms with van der Waals surface area (Å²) < 4.78 is 17.9. The lowest BCUT2D eigenvalue weighted by Crippen LogP contribution is -2.50. The number of nitrogens with two attached hydrogens (primary N) is 1. The molecule has 5 rings (SSSR count). The maximum absolute atomic E-state index is 13.2. The summed E-state index contributed by atoms with van der Waals surface area (Å²) in [6.07, 6.45) is 5.94. The number of nitrogen functional groups attached to an aromatic ring is 1. The van der Waals surface area contributed by atoms with Crippen LogP contribution in [-0.4, -0.2) is 36.9 Å². The summed E-state index contributed by atoms with van der Waals surface area (Å²) in [5.41, 5.74) is 8.22. The van der Waals surface area contributed by atoms with Crippen LogP contribution in [0.4, 0.5) is 11.8 Å². The fourth-order valence-corrected chi connectivity index (χ4v) is 7.46. The maximum Gasteiger partial charge on any atom is 0.268 e. The van der Waals surface area contributed by atoms with Crippen molar-refractivity contribution >= 4 is 46.5 Å². The minimum Gasteiger partial charge on any atom is -0.598 e. The van der Waals surface area contributed by atoms with Crippen LogP contribution in [0.15, 0.2) is 57.3 Å². The molecule has 8 nitrogen and oxygen atoms in total. The van der Waals surface area contributed by atoms with Crippen LogP contribution in [0.25, 0.3) is 0 Å². The van der Waals surface area contributed by atoms with Gasteiger partial charge in [-0.3, -0.25) is 9.36 Å². The fraction of sp³-hybridized carbons (Fsp3) is 0.444. The lowest BCUT2D eigenvalue weighted by molar-refractivity contribution is 0.175. The van der Waals surface area contributed by atoms with E-state index in [0.717, 1.165) is 32.4 Å². The smallest absolute Gasteiger partial charge is 0.268 e. The Morgan fingerprint density at radius 2 is 1.89 bits per heavy atom. The Morgan fingerprint density at radius 3 is 2.61 bits per heavy atom. The van der Waals surface area contributed by atoms with Crippen LogP contribution in [0, 0.1) is 5.41 Å². The fourth-order valence-electron chi connectivity index (χ4n) is 5.39. The molecule has 2 aromatic heterocycles. The number of hydrogen-bond acceptors (Lipinski definition) is 8. The summed E-state index contributed by atoms with van der Waals surface area (Å²) in [6, 6.07) is 10.3. The number of fused-ring (bicyclic) bond motifs is 1. The first-order chi connectivity index (χ1) is 18.0. The average Bonchev–Trinajstić information content (AvgIpc) is 3.17. The van der Waals surface area contributed by atoms with Crippen molar-refractivity contribution < 1.29 is 4.55 Å². The summed E-state index contributed by atoms with van der Waals surface area (Å²) in [4.78, 5) is 25.2. The first-order valence-corrected chi connectivity index (χ1v) is 15.0. The van der Waals surface area contributed by atoms with Crippen LogP contribution in [0.1, 0.15) is 50.8 Å². The quantitative estimate of drug-likeness (QED) is 0.430. The Bertz CT molecular complexity index is 1400. The number of piperidine rings is 1. The van der Waals surface area contributed by atoms with E-state index in [1.807, 2.05) is 20.8 Å². The number of anilines is 2. The lowest BCUT2D eigenvalue weighted by atomic mass is 9.73. The minimum atomic E-state index is -1.18. The van der Waals surface area contributed by atoms with Gasteiger partial charge in [0.2, 0.25) is 5.95 Å². The van der Waals surface area contributed by atoms with E-state index in [2.05, 4.69) is 43.9 Å². The van der Waals surface area contributed by atoms with Gasteiger partial charge in [-0.25, -0.2) is 9.97 Å². The van der Waals surface area contributed by atoms with Gasteiger partial charge in [-0.15, -0.1) is 4.72 Å². The molecule has 3 aromatic rings. The largest absolute Gasteiger partial charge is 0.598 e. The van der Waals surface area contributed by atoms with E-state index in [1.165, 1.54) is 22.9 Å². The van der Waals surface area contributed by atoms with Crippen LogP contribution in [-0.2, 0) is 24.8 Å². The number of benzene rings is 1. The highest BCUT2D eigenvalue weighted by Crippen LogP contribution is 2.52. The number of hydrogen-bond donors (Lipinski definition) is 2. The second kappa shape index (κ2) is 10.4. The Kier molecular flexibility index (Phi) is 7.47. The Hall–Kier alpha value is -2.24. The first-order valence-electron chi connectivity index (χ1n) is 12.6. The molecule has 1 aromatic carbocycles. The molecule has 0 radical (unpaired) electrons. The highest BCUT2D eigenvalue weighted by Gasteiger charge is 2.50. The summed E-state index contributed by atoms with van der Waals surface area (Å²) in [5.74, 6) is 0.876. The van der Waals surface area contributed by atoms with Crippen molar-refractivity contribution in [2.45, 2.75) is 60.6 Å². The van der Waals surface area contributed by atoms with Crippen LogP contribution in [0.5, 0.6) is 0 Å². The third kappa shape index (κ3) is 5.04. The van der Waals surface area contributed by atoms with E-state index in [0.29, 0.717) is 20.8 Å². The Morgan fingerprint density at radius 1 is 1.18 bits per heavy atom. The number of aromatic nitrogens is 3. The van der Waals surface area contributed by atoms with E-state index < -0.39 is 11.4 Å². The maximum atomic E-state index is 13.2. The SMILES string of the molecule is Cn1c(N2CCC3(CC2)Cc2ccccc2[C@H]3N[S@+]([O-])C(C)(C)C)ncc(Sc2ccnc(N)c2Cl)c1=O. The second-order valence-corrected chi connectivity index (χ2v) is 14.5. The molecule has 1 fully saturated rings. The number of halogens is 1. The molecule has 0 unspecified atom stereocenters. The van der Waals surface area contributed by atoms with E-state index >= 15 is 0 Å². The lowest BCUT2D eigenvalue weighted by Gasteiger charge is -2.44. The van der Waals surface area contributed by atoms with Gasteiger partial charge >= 0.3 is 0 Å². The molecule has 202 valence electrons. The van der Waals surface area contributed by atoms with Crippen molar-refractivity contribution in [3.8, 4) is 0 Å². The second-order valence-electron chi connectivity index (χ2n) is 11.1. The topological polar surface area (TPSA) is 112 Å². The average molecular weight is 573 g/mol. The van der Waals surface area contributed by atoms with Gasteiger partial charge in [-0.1, -0.05) is 47.6 Å². The zero-order chi connectivity index (χ0) is 27.2. The normalized spacial score (nSPS) is 19.5. The molecule has 1 aliphatic carbocycles. The van der Waals surface area contributed by atoms with Crippen LogP contribution >= 0.6 is 23.4 Å². The molecule has 11 heteroatoms. The summed E-state index contributed by atoms with van der Waals surface area (Å²) in [6.45, 7) is 7.51. The molecule has 0 bridgehead atoms. The molecule has 1 aliphatic heterocycles. The standard InChI is InChI=1S/C27H33ClN6O2S2/c1-26(2,3)38(36)32-22-18-8-6-5-7-17(18)15-27(22)10-13-34(14-11-27)25-31-16-20(24(35)33(25)4)37-19-9-12-30-23(29)21(19)28/h5-9,12,16,22,32H,10-11,13-15H2,1-4H3,(H2,29,30)/t22-,38-/m1/s1. The van der Waals surface area contributed by atoms with E-state index in [-0.39, 0.29) is 27.6 Å². The highest BCUT2D eigenvalue weighted by molar-refractivity contribution is 7.99. The molecule has 38 heavy (non-hydrogen) atoms. The van der Waals surface area contributed by atoms with Crippen molar-refractivity contribution in [2.75, 3.05) is 23.7 Å². The van der Waals surface area contributed by atoms with E-state index in [1.54, 1.807) is 30.1 Å². The third-order valence-electron chi connectivity index (χ3n) is 7.56. The monoisotopic (exact) mass is 572 g/mol. The van der Waals surface area contributed by atoms with E-state index in [9.17, 15) is 9.35 Å². The number of nitrogens with one attached hydrogen (secondary N) is 1. The van der Waals surface area contributed by atoms with Gasteiger partial charge in [0.25, 0.3) is 5.56 Å². The van der Waals surface area contributed by atoms with Crippen molar-refractivity contribution in [2.24, 2.45) is 12.5 Å². The molecule has 0 amide bonds. The van der Waals surface area contributed by atoms with Crippen LogP contribution in [0.2, 0.25) is 5.02 Å². The summed E-state index contributed by atoms with van der Waals surface area (Å²) >= 11 is 6.33. The molecule has 1 saturated heterocycles. The van der Waals surface area contributed by atoms with Crippen LogP contribution < -0.4 is 20.9 Å². The van der Waals surface area contributed by atoms with Gasteiger partial charge in [0, 0.05) is 48.0 Å². The van der Waals surface area contributed by atoms with Gasteiger partial charge < -0.3 is 15.2 Å². The van der Waals surface area contributed by atoms with Gasteiger partial charge in [-0.2, -0.15) is 0 Å². The predicted octanol–water partition coefficient (Wildman–Crippen LogP) is 4.50. The van der Waals surface area contributed by atoms with Gasteiger partial charge in [0.15, 0.2) is 0 Å². The minimum absolute atomic E-state index is 0.0222. The third-order valence-corrected chi connectivity index (χ3v) is 10.7. The zero-order valence-corrected chi connectivity index (χ0v) is 24.4. The van der Waals surface area contributed by atoms with Gasteiger partial charge in [0.1, 0.15) is 10.6 Å². The molecule has 2 atom stereocenters. The molecule has 3 heterocycles. The summed E-state index contributed by atoms with van der Waals surface area (Å²) in [5, 5.41) is 0.332. The van der Waals surface area contributed by atoms with Crippen LogP contribution in [0.3, 0.4) is 0 Å². The van der Waals surface area contributed by atoms with Gasteiger partial charge in [0.05, 0.1) is 22.2 Å². The van der Waals surface area contributed by atoms with E-state index in [4.69, 9.17) is 17.3 Å². The number of rotatable bonds is 5. The molecule has 0 saturated carbocycles. The Balaban J connectivity index is 1.36. The molecular formula is C27H33ClN6O2S2. The molecule has 3 N–H and O–H groups in total. The Labute approximate surface area is 235 Å². The number of nitrogens with zero attached hydrogens (tertiary/aromatic N) is 4. The van der Waals surface area contributed by atoms with Crippen molar-refractivity contribution in [3.63, 3.8) is 0 Å². The van der Waals surface area contributed by atoms with Gasteiger partial charge in [-0.05, 0) is 57.2 Å². The van der Waals surface area contributed by atoms with Crippen molar-refractivity contribution in [1.82, 2.24) is 19.3 Å².